The van der Waals surface area contributed by atoms with Crippen molar-refractivity contribution < 1.29 is 4.79 Å². The molecule has 88 valence electrons. The second-order valence-electron chi connectivity index (χ2n) is 4.63. The van der Waals surface area contributed by atoms with Crippen molar-refractivity contribution in [3.05, 3.63) is 0 Å². The molecule has 0 spiro atoms. The van der Waals surface area contributed by atoms with Gasteiger partial charge in [-0.05, 0) is 37.5 Å². The summed E-state index contributed by atoms with van der Waals surface area (Å²) in [5, 5.41) is 3.05. The second kappa shape index (κ2) is 6.37. The molecule has 0 aromatic heterocycles. The monoisotopic (exact) mass is 231 g/mol. The van der Waals surface area contributed by atoms with Crippen LogP contribution < -0.4 is 5.32 Å². The maximum absolute atomic E-state index is 11.5. The molecule has 0 aromatic carbocycles. The highest BCUT2D eigenvalue weighted by Gasteiger charge is 2.34. The Labute approximate surface area is 97.8 Å². The average Bonchev–Trinajstić information content (AvgIpc) is 2.17. The molecule has 0 heterocycles. The maximum atomic E-state index is 11.5. The lowest BCUT2D eigenvalue weighted by atomic mass is 9.67. The third-order valence-electron chi connectivity index (χ3n) is 3.61. The lowest BCUT2D eigenvalue weighted by Crippen LogP contribution is -2.41. The van der Waals surface area contributed by atoms with Crippen LogP contribution in [0.1, 0.15) is 51.9 Å². The number of rotatable bonds is 7. The molecule has 1 aliphatic carbocycles. The smallest absolute Gasteiger partial charge is 0.220 e. The number of nitrogens with one attached hydrogen (secondary N) is 1. The van der Waals surface area contributed by atoms with Crippen LogP contribution in [0.3, 0.4) is 0 Å². The molecule has 0 unspecified atom stereocenters. The van der Waals surface area contributed by atoms with Gasteiger partial charge in [-0.3, -0.25) is 4.79 Å². The minimum absolute atomic E-state index is 0.194. The van der Waals surface area contributed by atoms with Gasteiger partial charge in [0.25, 0.3) is 0 Å². The molecular weight excluding hydrogens is 210 g/mol. The maximum Gasteiger partial charge on any atom is 0.220 e. The van der Waals surface area contributed by atoms with Gasteiger partial charge in [0, 0.05) is 18.8 Å². The van der Waals surface area contributed by atoms with Crippen molar-refractivity contribution in [2.45, 2.75) is 51.9 Å². The molecule has 3 heteroatoms. The van der Waals surface area contributed by atoms with Gasteiger partial charge in [-0.2, -0.15) is 0 Å². The third-order valence-corrected chi connectivity index (χ3v) is 3.88. The molecule has 1 fully saturated rings. The summed E-state index contributed by atoms with van der Waals surface area (Å²) in [6.07, 6.45) is 7.57. The highest BCUT2D eigenvalue weighted by atomic mass is 35.5. The van der Waals surface area contributed by atoms with E-state index in [4.69, 9.17) is 11.6 Å². The van der Waals surface area contributed by atoms with Crippen LogP contribution in [0.5, 0.6) is 0 Å². The molecule has 1 N–H and O–H groups in total. The Morgan fingerprint density at radius 2 is 2.13 bits per heavy atom. The molecule has 1 aliphatic rings. The second-order valence-corrected chi connectivity index (χ2v) is 5.01. The molecule has 1 rings (SSSR count). The van der Waals surface area contributed by atoms with Crippen molar-refractivity contribution in [1.82, 2.24) is 5.32 Å². The van der Waals surface area contributed by atoms with Gasteiger partial charge in [0.15, 0.2) is 0 Å². The first kappa shape index (κ1) is 12.8. The zero-order chi connectivity index (χ0) is 11.1. The largest absolute Gasteiger partial charge is 0.356 e. The van der Waals surface area contributed by atoms with Crippen LogP contribution in [0, 0.1) is 5.41 Å². The van der Waals surface area contributed by atoms with Crippen LogP contribution in [0.15, 0.2) is 0 Å². The van der Waals surface area contributed by atoms with E-state index in [1.165, 1.54) is 25.7 Å². The van der Waals surface area contributed by atoms with Crippen LogP contribution in [-0.4, -0.2) is 18.3 Å². The molecule has 0 saturated heterocycles. The molecule has 2 nitrogen and oxygen atoms in total. The van der Waals surface area contributed by atoms with Gasteiger partial charge in [-0.25, -0.2) is 0 Å². The molecule has 0 radical (unpaired) electrons. The van der Waals surface area contributed by atoms with Gasteiger partial charge in [-0.15, -0.1) is 11.6 Å². The van der Waals surface area contributed by atoms with Crippen LogP contribution in [-0.2, 0) is 4.79 Å². The van der Waals surface area contributed by atoms with E-state index in [0.29, 0.717) is 17.7 Å². The Balaban J connectivity index is 2.10. The number of carbonyl (C=O) groups is 1. The first-order valence-electron chi connectivity index (χ1n) is 6.05. The summed E-state index contributed by atoms with van der Waals surface area (Å²) in [4.78, 5) is 11.5. The highest BCUT2D eigenvalue weighted by Crippen LogP contribution is 2.42. The van der Waals surface area contributed by atoms with Gasteiger partial charge >= 0.3 is 0 Å². The predicted octanol–water partition coefficient (Wildman–Crippen LogP) is 3.09. The van der Waals surface area contributed by atoms with Gasteiger partial charge in [-0.1, -0.05) is 13.3 Å². The standard InChI is InChI=1S/C12H22ClNO/c1-2-12(7-5-8-12)10-14-11(15)6-3-4-9-13/h2-10H2,1H3,(H,14,15). The number of hydrogen-bond donors (Lipinski definition) is 1. The van der Waals surface area contributed by atoms with Gasteiger partial charge in [0.1, 0.15) is 0 Å². The van der Waals surface area contributed by atoms with E-state index < -0.39 is 0 Å². The molecule has 0 aromatic rings. The zero-order valence-corrected chi connectivity index (χ0v) is 10.4. The van der Waals surface area contributed by atoms with Crippen molar-refractivity contribution in [1.29, 1.82) is 0 Å². The quantitative estimate of drug-likeness (QED) is 0.530. The fourth-order valence-corrected chi connectivity index (χ4v) is 2.28. The zero-order valence-electron chi connectivity index (χ0n) is 9.65. The normalized spacial score (nSPS) is 18.3. The van der Waals surface area contributed by atoms with Crippen molar-refractivity contribution in [2.24, 2.45) is 5.41 Å². The minimum Gasteiger partial charge on any atom is -0.356 e. The number of alkyl halides is 1. The summed E-state index contributed by atoms with van der Waals surface area (Å²) < 4.78 is 0. The number of halogens is 1. The highest BCUT2D eigenvalue weighted by molar-refractivity contribution is 6.17. The van der Waals surface area contributed by atoms with E-state index >= 15 is 0 Å². The van der Waals surface area contributed by atoms with Gasteiger partial charge in [0.2, 0.25) is 5.91 Å². The van der Waals surface area contributed by atoms with Crippen molar-refractivity contribution in [3.8, 4) is 0 Å². The first-order valence-corrected chi connectivity index (χ1v) is 6.58. The lowest BCUT2D eigenvalue weighted by molar-refractivity contribution is -0.122. The summed E-state index contributed by atoms with van der Waals surface area (Å²) in [5.74, 6) is 0.853. The van der Waals surface area contributed by atoms with E-state index in [-0.39, 0.29) is 5.91 Å². The van der Waals surface area contributed by atoms with E-state index in [9.17, 15) is 4.79 Å². The van der Waals surface area contributed by atoms with Crippen molar-refractivity contribution in [3.63, 3.8) is 0 Å². The molecule has 15 heavy (non-hydrogen) atoms. The summed E-state index contributed by atoms with van der Waals surface area (Å²) in [5.41, 5.74) is 0.433. The Morgan fingerprint density at radius 3 is 2.60 bits per heavy atom. The van der Waals surface area contributed by atoms with Crippen molar-refractivity contribution >= 4 is 17.5 Å². The molecule has 0 aliphatic heterocycles. The molecule has 1 saturated carbocycles. The summed E-state index contributed by atoms with van der Waals surface area (Å²) in [7, 11) is 0. The summed E-state index contributed by atoms with van der Waals surface area (Å²) in [6.45, 7) is 3.10. The third kappa shape index (κ3) is 4.02. The topological polar surface area (TPSA) is 29.1 Å². The number of carbonyl (C=O) groups excluding carboxylic acids is 1. The van der Waals surface area contributed by atoms with Crippen LogP contribution >= 0.6 is 11.6 Å². The number of unbranched alkanes of at least 4 members (excludes halogenated alkanes) is 1. The van der Waals surface area contributed by atoms with E-state index in [0.717, 1.165) is 19.4 Å². The van der Waals surface area contributed by atoms with Crippen LogP contribution in [0.4, 0.5) is 0 Å². The average molecular weight is 232 g/mol. The van der Waals surface area contributed by atoms with Gasteiger partial charge in [0.05, 0.1) is 0 Å². The lowest BCUT2D eigenvalue weighted by Gasteiger charge is -2.41. The number of amides is 1. The van der Waals surface area contributed by atoms with Crippen LogP contribution in [0.25, 0.3) is 0 Å². The Hall–Kier alpha value is -0.240. The van der Waals surface area contributed by atoms with Crippen molar-refractivity contribution in [2.75, 3.05) is 12.4 Å². The fourth-order valence-electron chi connectivity index (χ4n) is 2.09. The van der Waals surface area contributed by atoms with E-state index in [1.54, 1.807) is 0 Å². The van der Waals surface area contributed by atoms with Crippen LogP contribution in [0.2, 0.25) is 0 Å². The molecule has 0 atom stereocenters. The molecule has 0 bridgehead atoms. The Bertz CT molecular complexity index is 196. The summed E-state index contributed by atoms with van der Waals surface area (Å²) in [6, 6.07) is 0. The predicted molar refractivity (Wildman–Crippen MR) is 64.2 cm³/mol. The molecular formula is C12H22ClNO. The first-order chi connectivity index (χ1) is 7.22. The Kier molecular flexibility index (Phi) is 5.44. The van der Waals surface area contributed by atoms with E-state index in [2.05, 4.69) is 12.2 Å². The van der Waals surface area contributed by atoms with E-state index in [1.807, 2.05) is 0 Å². The minimum atomic E-state index is 0.194. The van der Waals surface area contributed by atoms with Gasteiger partial charge < -0.3 is 5.32 Å². The summed E-state index contributed by atoms with van der Waals surface area (Å²) >= 11 is 5.56. The SMILES string of the molecule is CCC1(CNC(=O)CCCCCl)CCC1. The fraction of sp³-hybridized carbons (Fsp3) is 0.917. The molecule has 1 amide bonds. The Morgan fingerprint density at radius 1 is 1.40 bits per heavy atom. The number of hydrogen-bond acceptors (Lipinski definition) is 1.